The second kappa shape index (κ2) is 6.53. The SMILES string of the molecule is Nc1ccccc1C(=O)N1CCCN(c2ccc(C(=O)O)nn2)C1. The summed E-state index contributed by atoms with van der Waals surface area (Å²) < 4.78 is 0. The molecule has 2 aromatic rings. The molecule has 1 saturated heterocycles. The van der Waals surface area contributed by atoms with E-state index in [1.165, 1.54) is 6.07 Å². The Morgan fingerprint density at radius 2 is 1.88 bits per heavy atom. The van der Waals surface area contributed by atoms with E-state index in [2.05, 4.69) is 10.2 Å². The molecule has 24 heavy (non-hydrogen) atoms. The number of carboxylic acids is 1. The molecule has 1 aromatic carbocycles. The van der Waals surface area contributed by atoms with Gasteiger partial charge >= 0.3 is 5.97 Å². The largest absolute Gasteiger partial charge is 0.476 e. The van der Waals surface area contributed by atoms with E-state index in [-0.39, 0.29) is 11.6 Å². The van der Waals surface area contributed by atoms with E-state index in [9.17, 15) is 9.59 Å². The van der Waals surface area contributed by atoms with Crippen LogP contribution in [0.15, 0.2) is 36.4 Å². The van der Waals surface area contributed by atoms with E-state index < -0.39 is 5.97 Å². The quantitative estimate of drug-likeness (QED) is 0.811. The molecule has 3 N–H and O–H groups in total. The molecule has 8 nitrogen and oxygen atoms in total. The van der Waals surface area contributed by atoms with Gasteiger partial charge in [0.1, 0.15) is 0 Å². The number of hydrogen-bond acceptors (Lipinski definition) is 6. The van der Waals surface area contributed by atoms with Gasteiger partial charge in [-0.05, 0) is 30.7 Å². The van der Waals surface area contributed by atoms with Crippen molar-refractivity contribution in [3.63, 3.8) is 0 Å². The fourth-order valence-electron chi connectivity index (χ4n) is 2.62. The number of aromatic nitrogens is 2. The molecule has 0 saturated carbocycles. The minimum absolute atomic E-state index is 0.110. The first-order chi connectivity index (χ1) is 11.6. The number of rotatable bonds is 3. The lowest BCUT2D eigenvalue weighted by molar-refractivity contribution is 0.0688. The molecule has 3 rings (SSSR count). The van der Waals surface area contributed by atoms with Crippen LogP contribution in [0.1, 0.15) is 27.3 Å². The standard InChI is InChI=1S/C16H17N5O3/c17-12-5-2-1-4-11(12)15(22)21-9-3-8-20(10-21)14-7-6-13(16(23)24)18-19-14/h1-2,4-7H,3,8-10,17H2,(H,23,24). The maximum Gasteiger partial charge on any atom is 0.356 e. The van der Waals surface area contributed by atoms with Crippen LogP contribution in [0.3, 0.4) is 0 Å². The number of anilines is 2. The Kier molecular flexibility index (Phi) is 4.28. The molecular weight excluding hydrogens is 310 g/mol. The van der Waals surface area contributed by atoms with Crippen molar-refractivity contribution in [1.82, 2.24) is 15.1 Å². The second-order valence-corrected chi connectivity index (χ2v) is 5.50. The number of nitrogens with two attached hydrogens (primary N) is 1. The zero-order chi connectivity index (χ0) is 17.1. The van der Waals surface area contributed by atoms with Crippen LogP contribution >= 0.6 is 0 Å². The predicted octanol–water partition coefficient (Wildman–Crippen LogP) is 1.07. The smallest absolute Gasteiger partial charge is 0.356 e. The van der Waals surface area contributed by atoms with Crippen molar-refractivity contribution >= 4 is 23.4 Å². The van der Waals surface area contributed by atoms with Crippen molar-refractivity contribution < 1.29 is 14.7 Å². The van der Waals surface area contributed by atoms with E-state index in [1.807, 2.05) is 4.90 Å². The van der Waals surface area contributed by atoms with E-state index >= 15 is 0 Å². The highest BCUT2D eigenvalue weighted by Crippen LogP contribution is 2.19. The second-order valence-electron chi connectivity index (χ2n) is 5.50. The highest BCUT2D eigenvalue weighted by Gasteiger charge is 2.25. The van der Waals surface area contributed by atoms with Gasteiger partial charge in [-0.1, -0.05) is 12.1 Å². The molecule has 0 radical (unpaired) electrons. The number of carbonyl (C=O) groups is 2. The fourth-order valence-corrected chi connectivity index (χ4v) is 2.62. The van der Waals surface area contributed by atoms with Gasteiger partial charge in [-0.2, -0.15) is 0 Å². The van der Waals surface area contributed by atoms with Crippen LogP contribution in [0.5, 0.6) is 0 Å². The number of para-hydroxylation sites is 1. The van der Waals surface area contributed by atoms with Gasteiger partial charge in [-0.3, -0.25) is 4.79 Å². The Labute approximate surface area is 138 Å². The maximum absolute atomic E-state index is 12.6. The molecule has 8 heteroatoms. The summed E-state index contributed by atoms with van der Waals surface area (Å²) in [6.07, 6.45) is 0.779. The molecule has 1 aliphatic heterocycles. The van der Waals surface area contributed by atoms with Crippen molar-refractivity contribution in [1.29, 1.82) is 0 Å². The van der Waals surface area contributed by atoms with Crippen LogP contribution in [-0.4, -0.2) is 51.8 Å². The summed E-state index contributed by atoms with van der Waals surface area (Å²) in [5, 5.41) is 16.5. The third-order valence-electron chi connectivity index (χ3n) is 3.87. The highest BCUT2D eigenvalue weighted by molar-refractivity contribution is 5.99. The average molecular weight is 327 g/mol. The monoisotopic (exact) mass is 327 g/mol. The lowest BCUT2D eigenvalue weighted by atomic mass is 10.1. The minimum atomic E-state index is -1.12. The topological polar surface area (TPSA) is 113 Å². The average Bonchev–Trinajstić information content (AvgIpc) is 2.62. The molecule has 0 aliphatic carbocycles. The third kappa shape index (κ3) is 3.12. The fraction of sp³-hybridized carbons (Fsp3) is 0.250. The summed E-state index contributed by atoms with van der Waals surface area (Å²) in [4.78, 5) is 27.1. The van der Waals surface area contributed by atoms with Crippen LogP contribution in [0.2, 0.25) is 0 Å². The van der Waals surface area contributed by atoms with Crippen LogP contribution < -0.4 is 10.6 Å². The Hall–Kier alpha value is -3.16. The van der Waals surface area contributed by atoms with E-state index in [1.54, 1.807) is 35.2 Å². The predicted molar refractivity (Wildman–Crippen MR) is 87.7 cm³/mol. The molecular formula is C16H17N5O3. The molecule has 0 atom stereocenters. The van der Waals surface area contributed by atoms with E-state index in [0.717, 1.165) is 13.0 Å². The highest BCUT2D eigenvalue weighted by atomic mass is 16.4. The van der Waals surface area contributed by atoms with Crippen molar-refractivity contribution in [3.05, 3.63) is 47.7 Å². The molecule has 1 amide bonds. The molecule has 1 aliphatic rings. The molecule has 0 unspecified atom stereocenters. The summed E-state index contributed by atoms with van der Waals surface area (Å²) >= 11 is 0. The summed E-state index contributed by atoms with van der Waals surface area (Å²) in [5.74, 6) is -0.712. The minimum Gasteiger partial charge on any atom is -0.476 e. The van der Waals surface area contributed by atoms with E-state index in [4.69, 9.17) is 10.8 Å². The van der Waals surface area contributed by atoms with Crippen molar-refractivity contribution in [3.8, 4) is 0 Å². The number of aromatic carboxylic acids is 1. The first-order valence-corrected chi connectivity index (χ1v) is 7.52. The number of nitrogens with zero attached hydrogens (tertiary/aromatic N) is 4. The molecule has 1 aromatic heterocycles. The van der Waals surface area contributed by atoms with Crippen LogP contribution in [0.4, 0.5) is 11.5 Å². The van der Waals surface area contributed by atoms with Gasteiger partial charge in [0.25, 0.3) is 5.91 Å². The van der Waals surface area contributed by atoms with Gasteiger partial charge in [0, 0.05) is 18.8 Å². The number of carboxylic acid groups (broad SMARTS) is 1. The molecule has 2 heterocycles. The summed E-state index contributed by atoms with van der Waals surface area (Å²) in [6.45, 7) is 1.70. The number of amides is 1. The number of hydrogen-bond donors (Lipinski definition) is 2. The lowest BCUT2D eigenvalue weighted by Crippen LogP contribution is -2.48. The molecule has 1 fully saturated rings. The van der Waals surface area contributed by atoms with Gasteiger partial charge in [-0.25, -0.2) is 4.79 Å². The first kappa shape index (κ1) is 15.7. The Bertz CT molecular complexity index is 763. The van der Waals surface area contributed by atoms with Gasteiger partial charge in [0.2, 0.25) is 0 Å². The Morgan fingerprint density at radius 3 is 2.54 bits per heavy atom. The third-order valence-corrected chi connectivity index (χ3v) is 3.87. The summed E-state index contributed by atoms with van der Waals surface area (Å²) in [5.41, 5.74) is 6.70. The number of nitrogen functional groups attached to an aromatic ring is 1. The number of carbonyl (C=O) groups excluding carboxylic acids is 1. The zero-order valence-electron chi connectivity index (χ0n) is 12.9. The van der Waals surface area contributed by atoms with Crippen LogP contribution in [-0.2, 0) is 0 Å². The van der Waals surface area contributed by atoms with Gasteiger partial charge in [-0.15, -0.1) is 10.2 Å². The molecule has 124 valence electrons. The van der Waals surface area contributed by atoms with Gasteiger partial charge in [0.05, 0.1) is 12.2 Å². The van der Waals surface area contributed by atoms with Crippen molar-refractivity contribution in [2.45, 2.75) is 6.42 Å². The van der Waals surface area contributed by atoms with E-state index in [0.29, 0.717) is 30.3 Å². The molecule has 0 bridgehead atoms. The first-order valence-electron chi connectivity index (χ1n) is 7.52. The number of benzene rings is 1. The summed E-state index contributed by atoms with van der Waals surface area (Å²) in [6, 6.07) is 9.97. The van der Waals surface area contributed by atoms with Crippen molar-refractivity contribution in [2.24, 2.45) is 0 Å². The Balaban J connectivity index is 1.75. The van der Waals surface area contributed by atoms with Crippen molar-refractivity contribution in [2.75, 3.05) is 30.4 Å². The van der Waals surface area contributed by atoms with Crippen LogP contribution in [0.25, 0.3) is 0 Å². The Morgan fingerprint density at radius 1 is 1.08 bits per heavy atom. The zero-order valence-corrected chi connectivity index (χ0v) is 12.9. The van der Waals surface area contributed by atoms with Crippen LogP contribution in [0, 0.1) is 0 Å². The molecule has 0 spiro atoms. The maximum atomic E-state index is 12.6. The van der Waals surface area contributed by atoms with Gasteiger partial charge < -0.3 is 20.6 Å². The van der Waals surface area contributed by atoms with Gasteiger partial charge in [0.15, 0.2) is 11.5 Å². The summed E-state index contributed by atoms with van der Waals surface area (Å²) in [7, 11) is 0. The lowest BCUT2D eigenvalue weighted by Gasteiger charge is -2.36. The normalized spacial score (nSPS) is 14.5.